The van der Waals surface area contributed by atoms with Gasteiger partial charge in [0.2, 0.25) is 5.91 Å². The molecule has 2 atom stereocenters. The van der Waals surface area contributed by atoms with Crippen LogP contribution in [0.5, 0.6) is 0 Å². The van der Waals surface area contributed by atoms with Crippen molar-refractivity contribution in [2.24, 2.45) is 11.3 Å². The van der Waals surface area contributed by atoms with Gasteiger partial charge in [-0.2, -0.15) is 0 Å². The Morgan fingerprint density at radius 1 is 1.40 bits per heavy atom. The minimum Gasteiger partial charge on any atom is -0.320 e. The van der Waals surface area contributed by atoms with Crippen LogP contribution in [-0.2, 0) is 4.79 Å². The molecule has 1 saturated heterocycles. The van der Waals surface area contributed by atoms with Gasteiger partial charge in [0.15, 0.2) is 0 Å². The van der Waals surface area contributed by atoms with E-state index in [0.717, 1.165) is 12.5 Å². The lowest BCUT2D eigenvalue weighted by atomic mass is 9.99. The van der Waals surface area contributed by atoms with Crippen molar-refractivity contribution in [2.75, 3.05) is 6.54 Å². The first-order chi connectivity index (χ1) is 9.59. The van der Waals surface area contributed by atoms with E-state index in [-0.39, 0.29) is 18.1 Å². The molecule has 0 radical (unpaired) electrons. The number of carbonyl (C=O) groups excluding carboxylic acids is 1. The second-order valence-corrected chi connectivity index (χ2v) is 8.16. The fraction of sp³-hybridized carbons (Fsp3) is 0.688. The molecule has 1 aromatic rings. The largest absolute Gasteiger partial charge is 0.320 e. The molecule has 2 saturated carbocycles. The number of hydrogen-bond acceptors (Lipinski definition) is 3. The molecule has 20 heavy (non-hydrogen) atoms. The Bertz CT molecular complexity index is 544. The van der Waals surface area contributed by atoms with E-state index in [4.69, 9.17) is 0 Å². The number of rotatable bonds is 4. The van der Waals surface area contributed by atoms with Crippen LogP contribution in [0, 0.1) is 18.3 Å². The zero-order chi connectivity index (χ0) is 13.9. The zero-order valence-electron chi connectivity index (χ0n) is 12.2. The smallest absolute Gasteiger partial charge is 0.241 e. The summed E-state index contributed by atoms with van der Waals surface area (Å²) in [6.45, 7) is 5.09. The highest BCUT2D eigenvalue weighted by Crippen LogP contribution is 2.62. The first kappa shape index (κ1) is 12.8. The molecule has 3 nitrogen and oxygen atoms in total. The number of aryl methyl sites for hydroxylation is 1. The van der Waals surface area contributed by atoms with E-state index < -0.39 is 0 Å². The van der Waals surface area contributed by atoms with E-state index in [1.54, 1.807) is 11.3 Å². The molecule has 1 amide bonds. The molecule has 108 valence electrons. The van der Waals surface area contributed by atoms with Crippen molar-refractivity contribution < 1.29 is 4.79 Å². The molecule has 1 N–H and O–H groups in total. The van der Waals surface area contributed by atoms with Crippen LogP contribution < -0.4 is 5.32 Å². The number of hydrogen-bond donors (Lipinski definition) is 1. The average Bonchev–Trinajstić information content (AvgIpc) is 3.31. The predicted molar refractivity (Wildman–Crippen MR) is 80.5 cm³/mol. The molecule has 1 aliphatic heterocycles. The van der Waals surface area contributed by atoms with Gasteiger partial charge in [-0.3, -0.25) is 10.1 Å². The second kappa shape index (κ2) is 4.31. The van der Waals surface area contributed by atoms with Gasteiger partial charge in [0.25, 0.3) is 0 Å². The van der Waals surface area contributed by atoms with Gasteiger partial charge in [-0.1, -0.05) is 0 Å². The van der Waals surface area contributed by atoms with Gasteiger partial charge in [0.05, 0.1) is 6.04 Å². The fourth-order valence-corrected chi connectivity index (χ4v) is 4.62. The van der Waals surface area contributed by atoms with Crippen LogP contribution in [0.4, 0.5) is 0 Å². The van der Waals surface area contributed by atoms with Crippen molar-refractivity contribution in [2.45, 2.75) is 51.7 Å². The van der Waals surface area contributed by atoms with Gasteiger partial charge in [-0.05, 0) is 63.0 Å². The third-order valence-electron chi connectivity index (χ3n) is 5.22. The monoisotopic (exact) mass is 290 g/mol. The van der Waals surface area contributed by atoms with Crippen molar-refractivity contribution in [1.29, 1.82) is 0 Å². The standard InChI is InChI=1S/C16H22N2OS/c1-10-3-6-13(20-10)14-17-11(2)15(19)18(14)9-16(7-8-16)12-4-5-12/h3,6,11-12,14,17H,4-5,7-9H2,1-2H3. The van der Waals surface area contributed by atoms with E-state index >= 15 is 0 Å². The molecule has 3 aliphatic rings. The minimum atomic E-state index is -0.0441. The maximum atomic E-state index is 12.5. The van der Waals surface area contributed by atoms with Crippen molar-refractivity contribution in [3.05, 3.63) is 21.9 Å². The Labute approximate surface area is 124 Å². The van der Waals surface area contributed by atoms with Crippen LogP contribution in [-0.4, -0.2) is 23.4 Å². The third-order valence-corrected chi connectivity index (χ3v) is 6.28. The van der Waals surface area contributed by atoms with Gasteiger partial charge < -0.3 is 4.90 Å². The third kappa shape index (κ3) is 2.01. The molecule has 0 aromatic carbocycles. The molecule has 0 bridgehead atoms. The summed E-state index contributed by atoms with van der Waals surface area (Å²) in [6.07, 6.45) is 5.52. The molecule has 2 heterocycles. The topological polar surface area (TPSA) is 32.3 Å². The van der Waals surface area contributed by atoms with Crippen LogP contribution >= 0.6 is 11.3 Å². The molecular formula is C16H22N2OS. The summed E-state index contributed by atoms with van der Waals surface area (Å²) in [4.78, 5) is 17.2. The van der Waals surface area contributed by atoms with Crippen LogP contribution in [0.15, 0.2) is 12.1 Å². The summed E-state index contributed by atoms with van der Waals surface area (Å²) in [5.41, 5.74) is 0.478. The molecule has 2 unspecified atom stereocenters. The predicted octanol–water partition coefficient (Wildman–Crippen LogP) is 3.07. The van der Waals surface area contributed by atoms with Gasteiger partial charge >= 0.3 is 0 Å². The van der Waals surface area contributed by atoms with Gasteiger partial charge in [-0.25, -0.2) is 0 Å². The highest BCUT2D eigenvalue weighted by molar-refractivity contribution is 7.12. The van der Waals surface area contributed by atoms with Crippen LogP contribution in [0.3, 0.4) is 0 Å². The SMILES string of the molecule is Cc1ccc(C2NC(C)C(=O)N2CC2(C3CC3)CC2)s1. The number of nitrogens with zero attached hydrogens (tertiary/aromatic N) is 1. The number of thiophene rings is 1. The van der Waals surface area contributed by atoms with E-state index in [2.05, 4.69) is 29.3 Å². The highest BCUT2D eigenvalue weighted by Gasteiger charge is 2.56. The Morgan fingerprint density at radius 3 is 2.70 bits per heavy atom. The first-order valence-electron chi connectivity index (χ1n) is 7.72. The number of nitrogens with one attached hydrogen (secondary N) is 1. The van der Waals surface area contributed by atoms with Gasteiger partial charge in [-0.15, -0.1) is 11.3 Å². The lowest BCUT2D eigenvalue weighted by Gasteiger charge is -2.28. The maximum absolute atomic E-state index is 12.5. The Hall–Kier alpha value is -0.870. The molecule has 4 heteroatoms. The Morgan fingerprint density at radius 2 is 2.15 bits per heavy atom. The first-order valence-corrected chi connectivity index (χ1v) is 8.54. The molecule has 1 aromatic heterocycles. The summed E-state index contributed by atoms with van der Waals surface area (Å²) >= 11 is 1.81. The summed E-state index contributed by atoms with van der Waals surface area (Å²) in [5.74, 6) is 1.19. The van der Waals surface area contributed by atoms with E-state index in [9.17, 15) is 4.79 Å². The van der Waals surface area contributed by atoms with Crippen LogP contribution in [0.25, 0.3) is 0 Å². The zero-order valence-corrected chi connectivity index (χ0v) is 13.0. The Balaban J connectivity index is 1.59. The van der Waals surface area contributed by atoms with Crippen molar-refractivity contribution in [1.82, 2.24) is 10.2 Å². The summed E-state index contributed by atoms with van der Waals surface area (Å²) < 4.78 is 0. The summed E-state index contributed by atoms with van der Waals surface area (Å²) in [5, 5.41) is 3.48. The molecule has 0 spiro atoms. The summed E-state index contributed by atoms with van der Waals surface area (Å²) in [6, 6.07) is 4.28. The second-order valence-electron chi connectivity index (χ2n) is 6.84. The quantitative estimate of drug-likeness (QED) is 0.924. The fourth-order valence-electron chi connectivity index (χ4n) is 3.67. The molecular weight excluding hydrogens is 268 g/mol. The highest BCUT2D eigenvalue weighted by atomic mass is 32.1. The van der Waals surface area contributed by atoms with Gasteiger partial charge in [0.1, 0.15) is 6.17 Å². The number of carbonyl (C=O) groups is 1. The lowest BCUT2D eigenvalue weighted by Crippen LogP contribution is -2.36. The molecule has 2 aliphatic carbocycles. The molecule has 4 rings (SSSR count). The minimum absolute atomic E-state index is 0.0441. The van der Waals surface area contributed by atoms with E-state index in [1.807, 2.05) is 6.92 Å². The average molecular weight is 290 g/mol. The van der Waals surface area contributed by atoms with E-state index in [0.29, 0.717) is 5.41 Å². The van der Waals surface area contributed by atoms with Crippen molar-refractivity contribution in [3.63, 3.8) is 0 Å². The van der Waals surface area contributed by atoms with E-state index in [1.165, 1.54) is 35.4 Å². The van der Waals surface area contributed by atoms with Gasteiger partial charge in [0, 0.05) is 16.3 Å². The van der Waals surface area contributed by atoms with Crippen molar-refractivity contribution in [3.8, 4) is 0 Å². The maximum Gasteiger partial charge on any atom is 0.241 e. The van der Waals surface area contributed by atoms with Crippen LogP contribution in [0.1, 0.15) is 48.5 Å². The molecule has 3 fully saturated rings. The Kier molecular flexibility index (Phi) is 2.77. The number of amides is 1. The summed E-state index contributed by atoms with van der Waals surface area (Å²) in [7, 11) is 0. The lowest BCUT2D eigenvalue weighted by molar-refractivity contribution is -0.130. The normalized spacial score (nSPS) is 31.9. The van der Waals surface area contributed by atoms with Crippen LogP contribution in [0.2, 0.25) is 0 Å². The van der Waals surface area contributed by atoms with Crippen molar-refractivity contribution >= 4 is 17.2 Å².